The van der Waals surface area contributed by atoms with Gasteiger partial charge in [-0.2, -0.15) is 5.10 Å². The zero-order valence-electron chi connectivity index (χ0n) is 7.10. The van der Waals surface area contributed by atoms with Gasteiger partial charge in [0.25, 0.3) is 0 Å². The Morgan fingerprint density at radius 2 is 2.00 bits per heavy atom. The molecule has 0 saturated carbocycles. The van der Waals surface area contributed by atoms with Gasteiger partial charge in [0, 0.05) is 11.9 Å². The van der Waals surface area contributed by atoms with Gasteiger partial charge in [0.1, 0.15) is 5.03 Å². The zero-order valence-corrected chi connectivity index (χ0v) is 7.92. The minimum absolute atomic E-state index is 0.978. The SMILES string of the molecule is c1ccc(CSc2cc[nH]n2)cc1. The lowest BCUT2D eigenvalue weighted by Crippen LogP contribution is -1.78. The van der Waals surface area contributed by atoms with Crippen LogP contribution in [0.25, 0.3) is 0 Å². The van der Waals surface area contributed by atoms with E-state index in [0.717, 1.165) is 10.8 Å². The van der Waals surface area contributed by atoms with Gasteiger partial charge in [0.05, 0.1) is 0 Å². The highest BCUT2D eigenvalue weighted by molar-refractivity contribution is 7.98. The van der Waals surface area contributed by atoms with E-state index >= 15 is 0 Å². The molecule has 0 aliphatic rings. The van der Waals surface area contributed by atoms with Crippen molar-refractivity contribution in [1.82, 2.24) is 10.2 Å². The second kappa shape index (κ2) is 4.14. The number of benzene rings is 1. The quantitative estimate of drug-likeness (QED) is 0.754. The molecular weight excluding hydrogens is 180 g/mol. The fraction of sp³-hybridized carbons (Fsp3) is 0.100. The number of hydrogen-bond acceptors (Lipinski definition) is 2. The zero-order chi connectivity index (χ0) is 8.93. The monoisotopic (exact) mass is 190 g/mol. The predicted molar refractivity (Wildman–Crippen MR) is 54.6 cm³/mol. The number of aromatic amines is 1. The van der Waals surface area contributed by atoms with Gasteiger partial charge in [-0.25, -0.2) is 0 Å². The Balaban J connectivity index is 1.94. The standard InChI is InChI=1S/C10H10N2S/c1-2-4-9(5-3-1)8-13-10-6-7-11-12-10/h1-7H,8H2,(H,11,12). The third kappa shape index (κ3) is 2.36. The molecule has 0 radical (unpaired) electrons. The Bertz CT molecular complexity index is 342. The molecule has 0 unspecified atom stereocenters. The van der Waals surface area contributed by atoms with Crippen LogP contribution in [0.3, 0.4) is 0 Å². The molecule has 0 amide bonds. The average molecular weight is 190 g/mol. The highest BCUT2D eigenvalue weighted by atomic mass is 32.2. The molecule has 3 heteroatoms. The molecule has 1 aromatic carbocycles. The third-order valence-electron chi connectivity index (χ3n) is 1.70. The van der Waals surface area contributed by atoms with Gasteiger partial charge in [0.2, 0.25) is 0 Å². The molecule has 2 rings (SSSR count). The highest BCUT2D eigenvalue weighted by Crippen LogP contribution is 2.19. The predicted octanol–water partition coefficient (Wildman–Crippen LogP) is 2.70. The van der Waals surface area contributed by atoms with E-state index in [2.05, 4.69) is 34.5 Å². The lowest BCUT2D eigenvalue weighted by Gasteiger charge is -1.97. The fourth-order valence-electron chi connectivity index (χ4n) is 1.06. The van der Waals surface area contributed by atoms with Crippen molar-refractivity contribution < 1.29 is 0 Å². The second-order valence-electron chi connectivity index (χ2n) is 2.69. The maximum Gasteiger partial charge on any atom is 0.118 e. The first kappa shape index (κ1) is 8.38. The maximum absolute atomic E-state index is 4.07. The van der Waals surface area contributed by atoms with E-state index in [0.29, 0.717) is 0 Å². The van der Waals surface area contributed by atoms with Crippen LogP contribution in [0.2, 0.25) is 0 Å². The Morgan fingerprint density at radius 1 is 1.15 bits per heavy atom. The van der Waals surface area contributed by atoms with E-state index < -0.39 is 0 Å². The van der Waals surface area contributed by atoms with Gasteiger partial charge >= 0.3 is 0 Å². The number of hydrogen-bond donors (Lipinski definition) is 1. The van der Waals surface area contributed by atoms with Crippen LogP contribution < -0.4 is 0 Å². The number of aromatic nitrogens is 2. The van der Waals surface area contributed by atoms with Crippen molar-refractivity contribution in [3.05, 3.63) is 48.2 Å². The summed E-state index contributed by atoms with van der Waals surface area (Å²) in [5.41, 5.74) is 1.33. The third-order valence-corrected chi connectivity index (χ3v) is 2.71. The summed E-state index contributed by atoms with van der Waals surface area (Å²) in [6.07, 6.45) is 1.84. The molecule has 2 nitrogen and oxygen atoms in total. The van der Waals surface area contributed by atoms with Crippen LogP contribution in [0.1, 0.15) is 5.56 Å². The van der Waals surface area contributed by atoms with Crippen molar-refractivity contribution in [3.63, 3.8) is 0 Å². The molecule has 0 aliphatic carbocycles. The van der Waals surface area contributed by atoms with Gasteiger partial charge in [-0.1, -0.05) is 42.1 Å². The maximum atomic E-state index is 4.07. The molecule has 2 aromatic rings. The van der Waals surface area contributed by atoms with Gasteiger partial charge in [0.15, 0.2) is 0 Å². The van der Waals surface area contributed by atoms with Crippen molar-refractivity contribution in [2.45, 2.75) is 10.8 Å². The van der Waals surface area contributed by atoms with Crippen molar-refractivity contribution in [2.24, 2.45) is 0 Å². The summed E-state index contributed by atoms with van der Waals surface area (Å²) in [7, 11) is 0. The topological polar surface area (TPSA) is 28.7 Å². The molecule has 0 saturated heterocycles. The molecule has 0 spiro atoms. The minimum Gasteiger partial charge on any atom is -0.285 e. The Morgan fingerprint density at radius 3 is 2.69 bits per heavy atom. The summed E-state index contributed by atoms with van der Waals surface area (Å²) in [5, 5.41) is 7.91. The fourth-order valence-corrected chi connectivity index (χ4v) is 1.85. The molecule has 0 bridgehead atoms. The van der Waals surface area contributed by atoms with Crippen LogP contribution in [0.5, 0.6) is 0 Å². The van der Waals surface area contributed by atoms with Gasteiger partial charge < -0.3 is 0 Å². The number of nitrogens with zero attached hydrogens (tertiary/aromatic N) is 1. The first-order chi connectivity index (χ1) is 6.45. The summed E-state index contributed by atoms with van der Waals surface area (Å²) in [6, 6.07) is 12.4. The van der Waals surface area contributed by atoms with Crippen molar-refractivity contribution in [3.8, 4) is 0 Å². The summed E-state index contributed by atoms with van der Waals surface area (Å²) < 4.78 is 0. The number of H-pyrrole nitrogens is 1. The molecule has 66 valence electrons. The lowest BCUT2D eigenvalue weighted by molar-refractivity contribution is 1.00. The first-order valence-electron chi connectivity index (χ1n) is 4.11. The highest BCUT2D eigenvalue weighted by Gasteiger charge is 1.96. The number of nitrogens with one attached hydrogen (secondary N) is 1. The van der Waals surface area contributed by atoms with Crippen LogP contribution >= 0.6 is 11.8 Å². The number of rotatable bonds is 3. The molecule has 0 fully saturated rings. The largest absolute Gasteiger partial charge is 0.285 e. The van der Waals surface area contributed by atoms with E-state index in [4.69, 9.17) is 0 Å². The van der Waals surface area contributed by atoms with Crippen LogP contribution in [-0.4, -0.2) is 10.2 Å². The van der Waals surface area contributed by atoms with Crippen LogP contribution in [-0.2, 0) is 5.75 Å². The minimum atomic E-state index is 0.978. The summed E-state index contributed by atoms with van der Waals surface area (Å²) >= 11 is 1.74. The van der Waals surface area contributed by atoms with E-state index in [1.165, 1.54) is 5.56 Å². The normalized spacial score (nSPS) is 10.2. The van der Waals surface area contributed by atoms with Crippen molar-refractivity contribution in [2.75, 3.05) is 0 Å². The van der Waals surface area contributed by atoms with Crippen LogP contribution in [0, 0.1) is 0 Å². The van der Waals surface area contributed by atoms with Gasteiger partial charge in [-0.05, 0) is 11.6 Å². The summed E-state index contributed by atoms with van der Waals surface area (Å²) in [4.78, 5) is 0. The smallest absolute Gasteiger partial charge is 0.118 e. The molecule has 1 heterocycles. The molecule has 1 N–H and O–H groups in total. The first-order valence-corrected chi connectivity index (χ1v) is 5.10. The summed E-state index contributed by atoms with van der Waals surface area (Å²) in [6.45, 7) is 0. The lowest BCUT2D eigenvalue weighted by atomic mass is 10.2. The van der Waals surface area contributed by atoms with Crippen molar-refractivity contribution >= 4 is 11.8 Å². The Kier molecular flexibility index (Phi) is 2.67. The van der Waals surface area contributed by atoms with Crippen LogP contribution in [0.4, 0.5) is 0 Å². The Hall–Kier alpha value is -1.22. The summed E-state index contributed by atoms with van der Waals surface area (Å²) in [5.74, 6) is 0.978. The molecule has 0 atom stereocenters. The van der Waals surface area contributed by atoms with Gasteiger partial charge in [-0.3, -0.25) is 5.10 Å². The van der Waals surface area contributed by atoms with E-state index in [1.54, 1.807) is 11.8 Å². The van der Waals surface area contributed by atoms with E-state index in [9.17, 15) is 0 Å². The molecular formula is C10H10N2S. The molecule has 13 heavy (non-hydrogen) atoms. The number of thioether (sulfide) groups is 1. The van der Waals surface area contributed by atoms with Crippen molar-refractivity contribution in [1.29, 1.82) is 0 Å². The second-order valence-corrected chi connectivity index (χ2v) is 3.68. The van der Waals surface area contributed by atoms with E-state index in [-0.39, 0.29) is 0 Å². The van der Waals surface area contributed by atoms with Crippen LogP contribution in [0.15, 0.2) is 47.6 Å². The Labute approximate surface area is 81.4 Å². The molecule has 0 aliphatic heterocycles. The average Bonchev–Trinajstić information content (AvgIpc) is 2.69. The van der Waals surface area contributed by atoms with E-state index in [1.807, 2.05) is 18.3 Å². The van der Waals surface area contributed by atoms with Gasteiger partial charge in [-0.15, -0.1) is 0 Å². The molecule has 1 aromatic heterocycles.